The Bertz CT molecular complexity index is 397. The third kappa shape index (κ3) is 4.32. The summed E-state index contributed by atoms with van der Waals surface area (Å²) in [5.41, 5.74) is 1.26. The number of rotatable bonds is 7. The van der Waals surface area contributed by atoms with E-state index in [0.29, 0.717) is 24.5 Å². The van der Waals surface area contributed by atoms with E-state index in [0.717, 1.165) is 5.75 Å². The first-order valence-electron chi connectivity index (χ1n) is 6.94. The van der Waals surface area contributed by atoms with E-state index in [1.54, 1.807) is 7.11 Å². The van der Waals surface area contributed by atoms with Gasteiger partial charge in [-0.1, -0.05) is 18.2 Å². The Morgan fingerprint density at radius 1 is 1.30 bits per heavy atom. The first-order valence-corrected chi connectivity index (χ1v) is 9.14. The molecule has 1 N–H and O–H groups in total. The van der Waals surface area contributed by atoms with E-state index < -0.39 is 0 Å². The molecule has 2 atom stereocenters. The van der Waals surface area contributed by atoms with Crippen LogP contribution >= 0.6 is 23.5 Å². The monoisotopic (exact) mass is 313 g/mol. The average molecular weight is 313 g/mol. The van der Waals surface area contributed by atoms with Crippen molar-refractivity contribution >= 4 is 23.5 Å². The van der Waals surface area contributed by atoms with Crippen molar-refractivity contribution in [2.45, 2.75) is 11.3 Å². The van der Waals surface area contributed by atoms with Crippen LogP contribution in [0.2, 0.25) is 0 Å². The van der Waals surface area contributed by atoms with E-state index in [4.69, 9.17) is 9.47 Å². The van der Waals surface area contributed by atoms with Gasteiger partial charge in [-0.05, 0) is 13.1 Å². The maximum atomic E-state index is 5.87. The maximum Gasteiger partial charge on any atom is 0.124 e. The van der Waals surface area contributed by atoms with Crippen molar-refractivity contribution in [3.63, 3.8) is 0 Å². The number of hydrogen-bond acceptors (Lipinski definition) is 5. The van der Waals surface area contributed by atoms with Crippen molar-refractivity contribution in [2.24, 2.45) is 0 Å². The molecule has 1 saturated heterocycles. The molecule has 0 aliphatic carbocycles. The molecule has 0 aromatic heterocycles. The number of benzene rings is 1. The summed E-state index contributed by atoms with van der Waals surface area (Å²) in [6.45, 7) is 1.21. The number of ether oxygens (including phenoxy) is 2. The molecule has 0 spiro atoms. The van der Waals surface area contributed by atoms with Crippen molar-refractivity contribution in [3.05, 3.63) is 29.8 Å². The Morgan fingerprint density at radius 2 is 2.15 bits per heavy atom. The molecule has 0 saturated carbocycles. The SMILES string of the molecule is CNC(c1ccccc1OCCOC)C1CSCCS1. The lowest BCUT2D eigenvalue weighted by Crippen LogP contribution is -2.31. The Morgan fingerprint density at radius 3 is 2.85 bits per heavy atom. The van der Waals surface area contributed by atoms with Gasteiger partial charge in [0.05, 0.1) is 6.61 Å². The predicted molar refractivity (Wildman–Crippen MR) is 89.2 cm³/mol. The molecular weight excluding hydrogens is 290 g/mol. The molecule has 3 nitrogen and oxygen atoms in total. The summed E-state index contributed by atoms with van der Waals surface area (Å²) in [5, 5.41) is 4.08. The molecule has 0 bridgehead atoms. The Kier molecular flexibility index (Phi) is 7.07. The molecule has 0 radical (unpaired) electrons. The summed E-state index contributed by atoms with van der Waals surface area (Å²) in [6.07, 6.45) is 0. The standard InChI is InChI=1S/C15H23NO2S2/c1-16-15(14-11-19-9-10-20-14)12-5-3-4-6-13(12)18-8-7-17-2/h3-6,14-16H,7-11H2,1-2H3. The molecule has 5 heteroatoms. The van der Waals surface area contributed by atoms with E-state index in [2.05, 4.69) is 35.3 Å². The minimum Gasteiger partial charge on any atom is -0.491 e. The molecular formula is C15H23NO2S2. The first-order chi connectivity index (χ1) is 9.86. The zero-order valence-corrected chi connectivity index (χ0v) is 13.8. The largest absolute Gasteiger partial charge is 0.491 e. The molecule has 112 valence electrons. The van der Waals surface area contributed by atoms with Gasteiger partial charge in [0.25, 0.3) is 0 Å². The zero-order valence-electron chi connectivity index (χ0n) is 12.1. The van der Waals surface area contributed by atoms with Gasteiger partial charge in [-0.2, -0.15) is 23.5 Å². The minimum absolute atomic E-state index is 0.339. The van der Waals surface area contributed by atoms with Crippen LogP contribution in [-0.2, 0) is 4.74 Å². The van der Waals surface area contributed by atoms with Crippen molar-refractivity contribution < 1.29 is 9.47 Å². The number of para-hydroxylation sites is 1. The van der Waals surface area contributed by atoms with Crippen LogP contribution in [0.5, 0.6) is 5.75 Å². The Labute approximate surface area is 130 Å². The highest BCUT2D eigenvalue weighted by Gasteiger charge is 2.26. The topological polar surface area (TPSA) is 30.5 Å². The lowest BCUT2D eigenvalue weighted by molar-refractivity contribution is 0.145. The van der Waals surface area contributed by atoms with Crippen LogP contribution in [0.15, 0.2) is 24.3 Å². The fourth-order valence-corrected chi connectivity index (χ4v) is 5.24. The summed E-state index contributed by atoms with van der Waals surface area (Å²) in [6, 6.07) is 8.68. The number of hydrogen-bond donors (Lipinski definition) is 1. The molecule has 1 aliphatic rings. The van der Waals surface area contributed by atoms with Crippen LogP contribution in [-0.4, -0.2) is 49.9 Å². The summed E-state index contributed by atoms with van der Waals surface area (Å²) in [5.74, 6) is 4.67. The van der Waals surface area contributed by atoms with Gasteiger partial charge in [-0.15, -0.1) is 0 Å². The first kappa shape index (κ1) is 16.0. The second-order valence-electron chi connectivity index (χ2n) is 4.63. The number of nitrogens with one attached hydrogen (secondary N) is 1. The van der Waals surface area contributed by atoms with Crippen molar-refractivity contribution in [1.29, 1.82) is 0 Å². The maximum absolute atomic E-state index is 5.87. The zero-order chi connectivity index (χ0) is 14.2. The van der Waals surface area contributed by atoms with Crippen LogP contribution in [0.25, 0.3) is 0 Å². The van der Waals surface area contributed by atoms with Gasteiger partial charge in [-0.25, -0.2) is 0 Å². The average Bonchev–Trinajstić information content (AvgIpc) is 2.51. The summed E-state index contributed by atoms with van der Waals surface area (Å²) < 4.78 is 10.9. The molecule has 1 fully saturated rings. The summed E-state index contributed by atoms with van der Waals surface area (Å²) in [4.78, 5) is 0. The molecule has 1 aromatic carbocycles. The molecule has 1 aromatic rings. The molecule has 2 rings (SSSR count). The fourth-order valence-electron chi connectivity index (χ4n) is 2.34. The summed E-state index contributed by atoms with van der Waals surface area (Å²) in [7, 11) is 3.73. The lowest BCUT2D eigenvalue weighted by Gasteiger charge is -2.30. The van der Waals surface area contributed by atoms with Gasteiger partial charge in [0, 0.05) is 41.2 Å². The van der Waals surface area contributed by atoms with Crippen molar-refractivity contribution in [3.8, 4) is 5.75 Å². The van der Waals surface area contributed by atoms with Gasteiger partial charge >= 0.3 is 0 Å². The highest BCUT2D eigenvalue weighted by atomic mass is 32.2. The Hall–Kier alpha value is -0.360. The van der Waals surface area contributed by atoms with E-state index in [1.165, 1.54) is 22.8 Å². The second kappa shape index (κ2) is 8.82. The molecule has 2 unspecified atom stereocenters. The van der Waals surface area contributed by atoms with Crippen molar-refractivity contribution in [1.82, 2.24) is 5.32 Å². The molecule has 20 heavy (non-hydrogen) atoms. The predicted octanol–water partition coefficient (Wildman–Crippen LogP) is 2.82. The van der Waals surface area contributed by atoms with Crippen LogP contribution in [0.3, 0.4) is 0 Å². The lowest BCUT2D eigenvalue weighted by atomic mass is 10.0. The number of methoxy groups -OCH3 is 1. The Balaban J connectivity index is 2.11. The highest BCUT2D eigenvalue weighted by Crippen LogP contribution is 2.36. The number of thioether (sulfide) groups is 2. The van der Waals surface area contributed by atoms with Crippen LogP contribution in [0.4, 0.5) is 0 Å². The van der Waals surface area contributed by atoms with Crippen LogP contribution < -0.4 is 10.1 Å². The minimum atomic E-state index is 0.339. The van der Waals surface area contributed by atoms with Crippen molar-refractivity contribution in [2.75, 3.05) is 44.6 Å². The van der Waals surface area contributed by atoms with Crippen LogP contribution in [0, 0.1) is 0 Å². The normalized spacial score (nSPS) is 20.6. The highest BCUT2D eigenvalue weighted by molar-refractivity contribution is 8.06. The fraction of sp³-hybridized carbons (Fsp3) is 0.600. The van der Waals surface area contributed by atoms with E-state index in [9.17, 15) is 0 Å². The van der Waals surface area contributed by atoms with Gasteiger partial charge in [-0.3, -0.25) is 0 Å². The summed E-state index contributed by atoms with van der Waals surface area (Å²) >= 11 is 4.11. The van der Waals surface area contributed by atoms with Gasteiger partial charge in [0.15, 0.2) is 0 Å². The van der Waals surface area contributed by atoms with Gasteiger partial charge in [0.1, 0.15) is 12.4 Å². The second-order valence-corrected chi connectivity index (χ2v) is 7.13. The quantitative estimate of drug-likeness (QED) is 0.782. The van der Waals surface area contributed by atoms with E-state index in [1.807, 2.05) is 24.9 Å². The molecule has 1 aliphatic heterocycles. The van der Waals surface area contributed by atoms with Gasteiger partial charge < -0.3 is 14.8 Å². The van der Waals surface area contributed by atoms with E-state index in [-0.39, 0.29) is 0 Å². The third-order valence-corrected chi connectivity index (χ3v) is 6.19. The molecule has 0 amide bonds. The van der Waals surface area contributed by atoms with E-state index >= 15 is 0 Å². The smallest absolute Gasteiger partial charge is 0.124 e. The third-order valence-electron chi connectivity index (χ3n) is 3.32. The molecule has 1 heterocycles. The van der Waals surface area contributed by atoms with Crippen LogP contribution in [0.1, 0.15) is 11.6 Å². The van der Waals surface area contributed by atoms with Gasteiger partial charge in [0.2, 0.25) is 0 Å².